The summed E-state index contributed by atoms with van der Waals surface area (Å²) in [6, 6.07) is 3.95. The first-order valence-corrected chi connectivity index (χ1v) is 6.75. The monoisotopic (exact) mass is 256 g/mol. The quantitative estimate of drug-likeness (QED) is 0.786. The molecular formula is C13H17FO2S. The van der Waals surface area contributed by atoms with Crippen molar-refractivity contribution in [2.75, 3.05) is 5.75 Å². The lowest BCUT2D eigenvalue weighted by molar-refractivity contribution is 0.0695. The normalized spacial score (nSPS) is 10.8. The van der Waals surface area contributed by atoms with Crippen LogP contribution in [0.5, 0.6) is 0 Å². The van der Waals surface area contributed by atoms with Crippen molar-refractivity contribution in [1.82, 2.24) is 0 Å². The number of thioether (sulfide) groups is 1. The Hall–Kier alpha value is -1.03. The molecule has 0 atom stereocenters. The molecular weight excluding hydrogens is 239 g/mol. The van der Waals surface area contributed by atoms with E-state index in [0.717, 1.165) is 18.2 Å². The highest BCUT2D eigenvalue weighted by Crippen LogP contribution is 2.19. The number of carbonyl (C=O) groups is 1. The summed E-state index contributed by atoms with van der Waals surface area (Å²) >= 11 is 1.69. The largest absolute Gasteiger partial charge is 0.478 e. The van der Waals surface area contributed by atoms with Crippen molar-refractivity contribution < 1.29 is 14.3 Å². The molecule has 0 saturated carbocycles. The fraction of sp³-hybridized carbons (Fsp3) is 0.462. The van der Waals surface area contributed by atoms with E-state index < -0.39 is 11.8 Å². The van der Waals surface area contributed by atoms with Crippen molar-refractivity contribution in [3.63, 3.8) is 0 Å². The molecule has 0 aromatic heterocycles. The van der Waals surface area contributed by atoms with Gasteiger partial charge in [-0.1, -0.05) is 19.9 Å². The molecule has 94 valence electrons. The number of carboxylic acid groups (broad SMARTS) is 1. The van der Waals surface area contributed by atoms with E-state index in [0.29, 0.717) is 17.2 Å². The van der Waals surface area contributed by atoms with Crippen LogP contribution in [0.1, 0.15) is 36.2 Å². The molecule has 0 aliphatic heterocycles. The van der Waals surface area contributed by atoms with Crippen LogP contribution in [-0.2, 0) is 5.75 Å². The fourth-order valence-corrected chi connectivity index (χ4v) is 2.63. The van der Waals surface area contributed by atoms with Gasteiger partial charge in [-0.15, -0.1) is 0 Å². The first-order valence-electron chi connectivity index (χ1n) is 5.60. The van der Waals surface area contributed by atoms with Gasteiger partial charge in [0.2, 0.25) is 0 Å². The lowest BCUT2D eigenvalue weighted by Crippen LogP contribution is -2.02. The molecule has 0 fully saturated rings. The van der Waals surface area contributed by atoms with Gasteiger partial charge in [0.05, 0.1) is 5.56 Å². The van der Waals surface area contributed by atoms with Gasteiger partial charge in [0.1, 0.15) is 5.82 Å². The van der Waals surface area contributed by atoms with Crippen molar-refractivity contribution in [3.8, 4) is 0 Å². The number of hydrogen-bond donors (Lipinski definition) is 1. The molecule has 1 N–H and O–H groups in total. The average Bonchev–Trinajstić information content (AvgIpc) is 2.25. The van der Waals surface area contributed by atoms with Crippen LogP contribution in [0.4, 0.5) is 4.39 Å². The van der Waals surface area contributed by atoms with Gasteiger partial charge in [-0.3, -0.25) is 0 Å². The maximum atomic E-state index is 12.9. The third-order valence-corrected chi connectivity index (χ3v) is 3.44. The zero-order valence-corrected chi connectivity index (χ0v) is 10.9. The Morgan fingerprint density at radius 2 is 2.18 bits per heavy atom. The van der Waals surface area contributed by atoms with E-state index in [1.807, 2.05) is 0 Å². The highest BCUT2D eigenvalue weighted by Gasteiger charge is 2.11. The summed E-state index contributed by atoms with van der Waals surface area (Å²) in [6.07, 6.45) is 1.11. The van der Waals surface area contributed by atoms with Gasteiger partial charge >= 0.3 is 5.97 Å². The minimum Gasteiger partial charge on any atom is -0.478 e. The molecule has 2 nitrogen and oxygen atoms in total. The molecule has 0 heterocycles. The minimum atomic E-state index is -1.07. The predicted molar refractivity (Wildman–Crippen MR) is 69.0 cm³/mol. The predicted octanol–water partition coefficient (Wildman–Crippen LogP) is 3.80. The molecule has 1 aromatic carbocycles. The number of rotatable bonds is 6. The van der Waals surface area contributed by atoms with Crippen LogP contribution in [0.3, 0.4) is 0 Å². The maximum absolute atomic E-state index is 12.9. The SMILES string of the molecule is CC(C)CCSCc1ccc(F)cc1C(=O)O. The molecule has 0 bridgehead atoms. The van der Waals surface area contributed by atoms with E-state index in [4.69, 9.17) is 5.11 Å². The van der Waals surface area contributed by atoms with Crippen LogP contribution in [0.25, 0.3) is 0 Å². The highest BCUT2D eigenvalue weighted by atomic mass is 32.2. The van der Waals surface area contributed by atoms with E-state index in [2.05, 4.69) is 13.8 Å². The average molecular weight is 256 g/mol. The van der Waals surface area contributed by atoms with Gasteiger partial charge in [-0.25, -0.2) is 9.18 Å². The van der Waals surface area contributed by atoms with Gasteiger partial charge in [0.25, 0.3) is 0 Å². The zero-order chi connectivity index (χ0) is 12.8. The first kappa shape index (κ1) is 14.0. The van der Waals surface area contributed by atoms with E-state index in [-0.39, 0.29) is 5.56 Å². The standard InChI is InChI=1S/C13H17FO2S/c1-9(2)5-6-17-8-10-3-4-11(14)7-12(10)13(15)16/h3-4,7,9H,5-6,8H2,1-2H3,(H,15,16). The molecule has 1 rings (SSSR count). The third kappa shape index (κ3) is 4.77. The van der Waals surface area contributed by atoms with Gasteiger partial charge in [0.15, 0.2) is 0 Å². The molecule has 0 spiro atoms. The number of aromatic carboxylic acids is 1. The minimum absolute atomic E-state index is 0.0713. The molecule has 0 aliphatic carbocycles. The summed E-state index contributed by atoms with van der Waals surface area (Å²) in [5.41, 5.74) is 0.759. The van der Waals surface area contributed by atoms with Crippen molar-refractivity contribution in [3.05, 3.63) is 35.1 Å². The Bertz CT molecular complexity index is 391. The summed E-state index contributed by atoms with van der Waals surface area (Å²) in [5.74, 6) is 0.694. The molecule has 0 radical (unpaired) electrons. The van der Waals surface area contributed by atoms with Crippen LogP contribution >= 0.6 is 11.8 Å². The molecule has 0 saturated heterocycles. The Balaban J connectivity index is 2.61. The maximum Gasteiger partial charge on any atom is 0.336 e. The fourth-order valence-electron chi connectivity index (χ4n) is 1.37. The second-order valence-electron chi connectivity index (χ2n) is 4.34. The lowest BCUT2D eigenvalue weighted by atomic mass is 10.1. The van der Waals surface area contributed by atoms with E-state index in [1.165, 1.54) is 6.07 Å². The molecule has 4 heteroatoms. The highest BCUT2D eigenvalue weighted by molar-refractivity contribution is 7.98. The lowest BCUT2D eigenvalue weighted by Gasteiger charge is -2.07. The van der Waals surface area contributed by atoms with E-state index >= 15 is 0 Å². The van der Waals surface area contributed by atoms with Crippen molar-refractivity contribution in [2.45, 2.75) is 26.0 Å². The summed E-state index contributed by atoms with van der Waals surface area (Å²) < 4.78 is 12.9. The Morgan fingerprint density at radius 1 is 1.47 bits per heavy atom. The first-order chi connectivity index (χ1) is 8.00. The van der Waals surface area contributed by atoms with E-state index in [9.17, 15) is 9.18 Å². The van der Waals surface area contributed by atoms with Gasteiger partial charge in [-0.2, -0.15) is 11.8 Å². The summed E-state index contributed by atoms with van der Waals surface area (Å²) in [6.45, 7) is 4.31. The van der Waals surface area contributed by atoms with Crippen molar-refractivity contribution in [2.24, 2.45) is 5.92 Å². The number of halogens is 1. The van der Waals surface area contributed by atoms with E-state index in [1.54, 1.807) is 17.8 Å². The second-order valence-corrected chi connectivity index (χ2v) is 5.45. The Morgan fingerprint density at radius 3 is 2.76 bits per heavy atom. The smallest absolute Gasteiger partial charge is 0.336 e. The Labute approximate surface area is 105 Å². The zero-order valence-electron chi connectivity index (χ0n) is 10.1. The molecule has 17 heavy (non-hydrogen) atoms. The summed E-state index contributed by atoms with van der Waals surface area (Å²) in [4.78, 5) is 10.9. The van der Waals surface area contributed by atoms with Gasteiger partial charge in [-0.05, 0) is 35.8 Å². The molecule has 0 unspecified atom stereocenters. The number of carboxylic acids is 1. The van der Waals surface area contributed by atoms with Crippen molar-refractivity contribution in [1.29, 1.82) is 0 Å². The number of hydrogen-bond acceptors (Lipinski definition) is 2. The van der Waals surface area contributed by atoms with Crippen LogP contribution < -0.4 is 0 Å². The van der Waals surface area contributed by atoms with Gasteiger partial charge < -0.3 is 5.11 Å². The molecule has 1 aromatic rings. The number of benzene rings is 1. The second kappa shape index (κ2) is 6.64. The molecule has 0 amide bonds. The summed E-state index contributed by atoms with van der Waals surface area (Å²) in [7, 11) is 0. The van der Waals surface area contributed by atoms with Gasteiger partial charge in [0, 0.05) is 5.75 Å². The topological polar surface area (TPSA) is 37.3 Å². The van der Waals surface area contributed by atoms with Crippen LogP contribution in [-0.4, -0.2) is 16.8 Å². The Kier molecular flexibility index (Phi) is 5.48. The van der Waals surface area contributed by atoms with Crippen LogP contribution in [0.15, 0.2) is 18.2 Å². The van der Waals surface area contributed by atoms with Crippen LogP contribution in [0.2, 0.25) is 0 Å². The summed E-state index contributed by atoms with van der Waals surface area (Å²) in [5, 5.41) is 8.96. The van der Waals surface area contributed by atoms with Crippen LogP contribution in [0, 0.1) is 11.7 Å². The third-order valence-electron chi connectivity index (χ3n) is 2.40. The van der Waals surface area contributed by atoms with Crippen molar-refractivity contribution >= 4 is 17.7 Å². The molecule has 0 aliphatic rings.